The van der Waals surface area contributed by atoms with Crippen LogP contribution in [-0.4, -0.2) is 19.0 Å². The zero-order valence-electron chi connectivity index (χ0n) is 15.2. The largest absolute Gasteiger partial charge is 0.466 e. The van der Waals surface area contributed by atoms with E-state index in [9.17, 15) is 9.59 Å². The molecule has 4 aliphatic rings. The quantitative estimate of drug-likeness (QED) is 0.479. The smallest absolute Gasteiger partial charge is 0.333 e. The predicted molar refractivity (Wildman–Crippen MR) is 104 cm³/mol. The third-order valence-electron chi connectivity index (χ3n) is 7.63. The van der Waals surface area contributed by atoms with Crippen molar-refractivity contribution in [2.24, 2.45) is 28.6 Å². The fourth-order valence-electron chi connectivity index (χ4n) is 6.26. The molecular formula is C20H26INO3. The number of piperidine rings is 1. The number of esters is 1. The van der Waals surface area contributed by atoms with E-state index < -0.39 is 0 Å². The predicted octanol–water partition coefficient (Wildman–Crippen LogP) is 4.10. The first-order valence-electron chi connectivity index (χ1n) is 9.29. The van der Waals surface area contributed by atoms with Crippen LogP contribution >= 0.6 is 22.6 Å². The zero-order chi connectivity index (χ0) is 18.0. The summed E-state index contributed by atoms with van der Waals surface area (Å²) in [5.74, 6) is 1.68. The second-order valence-corrected chi connectivity index (χ2v) is 9.93. The summed E-state index contributed by atoms with van der Waals surface area (Å²) in [7, 11) is 1.48. The summed E-state index contributed by atoms with van der Waals surface area (Å²) in [5.41, 5.74) is 2.10. The minimum Gasteiger partial charge on any atom is -0.466 e. The van der Waals surface area contributed by atoms with Crippen LogP contribution in [0.2, 0.25) is 0 Å². The molecule has 1 saturated carbocycles. The van der Waals surface area contributed by atoms with E-state index in [2.05, 4.69) is 47.8 Å². The van der Waals surface area contributed by atoms with Gasteiger partial charge in [-0.3, -0.25) is 4.79 Å². The van der Waals surface area contributed by atoms with Crippen molar-refractivity contribution in [3.05, 3.63) is 20.9 Å². The van der Waals surface area contributed by atoms with E-state index in [1.165, 1.54) is 16.4 Å². The average Bonchev–Trinajstić information content (AvgIpc) is 2.93. The lowest BCUT2D eigenvalue weighted by atomic mass is 9.49. The van der Waals surface area contributed by atoms with Crippen molar-refractivity contribution >= 4 is 34.5 Å². The number of carbonyl (C=O) groups excluding carboxylic acids is 2. The van der Waals surface area contributed by atoms with Crippen molar-refractivity contribution in [3.63, 3.8) is 0 Å². The van der Waals surface area contributed by atoms with Crippen LogP contribution in [0.25, 0.3) is 0 Å². The molecule has 0 radical (unpaired) electrons. The topological polar surface area (TPSA) is 55.4 Å². The van der Waals surface area contributed by atoms with E-state index in [0.717, 1.165) is 37.7 Å². The molecule has 4 nitrogen and oxygen atoms in total. The number of rotatable bonds is 1. The second kappa shape index (κ2) is 5.83. The van der Waals surface area contributed by atoms with Gasteiger partial charge in [0.15, 0.2) is 0 Å². The Kier molecular flexibility index (Phi) is 4.09. The molecule has 1 N–H and O–H groups in total. The third-order valence-corrected chi connectivity index (χ3v) is 8.61. The van der Waals surface area contributed by atoms with Gasteiger partial charge in [-0.25, -0.2) is 4.79 Å². The number of ether oxygens (including phenoxy) is 1. The Morgan fingerprint density at radius 2 is 2.04 bits per heavy atom. The summed E-state index contributed by atoms with van der Waals surface area (Å²) in [6.45, 7) is 4.62. The van der Waals surface area contributed by atoms with Gasteiger partial charge in [-0.1, -0.05) is 19.9 Å². The Morgan fingerprint density at radius 3 is 2.76 bits per heavy atom. The minimum absolute atomic E-state index is 0.0586. The SMILES string of the molecule is COC(=O)C1=CC[C@H]2[C@@H]3CC(I)=C4NC(=O)CC[C@]4(C)[C@H]3CC[C@]12C. The molecule has 0 spiro atoms. The summed E-state index contributed by atoms with van der Waals surface area (Å²) in [6.07, 6.45) is 7.86. The molecule has 0 aromatic carbocycles. The first kappa shape index (κ1) is 17.6. The van der Waals surface area contributed by atoms with E-state index in [0.29, 0.717) is 24.2 Å². The van der Waals surface area contributed by atoms with Gasteiger partial charge < -0.3 is 10.1 Å². The monoisotopic (exact) mass is 455 g/mol. The van der Waals surface area contributed by atoms with Gasteiger partial charge in [-0.05, 0) is 72.4 Å². The van der Waals surface area contributed by atoms with E-state index in [4.69, 9.17) is 4.74 Å². The molecule has 1 amide bonds. The van der Waals surface area contributed by atoms with Gasteiger partial charge >= 0.3 is 5.97 Å². The van der Waals surface area contributed by atoms with Crippen molar-refractivity contribution in [2.75, 3.05) is 7.11 Å². The van der Waals surface area contributed by atoms with Gasteiger partial charge in [0, 0.05) is 32.1 Å². The van der Waals surface area contributed by atoms with Gasteiger partial charge in [-0.2, -0.15) is 0 Å². The Hall–Kier alpha value is -0.850. The maximum absolute atomic E-state index is 12.3. The van der Waals surface area contributed by atoms with Gasteiger partial charge in [-0.15, -0.1) is 0 Å². The van der Waals surface area contributed by atoms with Crippen LogP contribution in [0.1, 0.15) is 52.4 Å². The molecule has 1 heterocycles. The highest BCUT2D eigenvalue weighted by Crippen LogP contribution is 2.65. The number of fused-ring (bicyclic) bond motifs is 5. The summed E-state index contributed by atoms with van der Waals surface area (Å²) >= 11 is 2.44. The number of carbonyl (C=O) groups is 2. The van der Waals surface area contributed by atoms with Crippen molar-refractivity contribution < 1.29 is 14.3 Å². The number of amides is 1. The van der Waals surface area contributed by atoms with Gasteiger partial charge in [0.1, 0.15) is 0 Å². The Morgan fingerprint density at radius 1 is 1.28 bits per heavy atom. The average molecular weight is 455 g/mol. The summed E-state index contributed by atoms with van der Waals surface area (Å²) in [5, 5.41) is 3.19. The molecule has 0 aromatic rings. The highest BCUT2D eigenvalue weighted by Gasteiger charge is 2.59. The highest BCUT2D eigenvalue weighted by atomic mass is 127. The van der Waals surface area contributed by atoms with Crippen LogP contribution in [-0.2, 0) is 14.3 Å². The molecule has 3 aliphatic carbocycles. The van der Waals surface area contributed by atoms with Crippen molar-refractivity contribution in [2.45, 2.75) is 52.4 Å². The molecule has 136 valence electrons. The number of hydrogen-bond acceptors (Lipinski definition) is 3. The van der Waals surface area contributed by atoms with E-state index in [1.54, 1.807) is 0 Å². The number of methoxy groups -OCH3 is 1. The summed E-state index contributed by atoms with van der Waals surface area (Å²) in [4.78, 5) is 24.2. The first-order chi connectivity index (χ1) is 11.8. The van der Waals surface area contributed by atoms with E-state index in [1.807, 2.05) is 0 Å². The molecule has 5 atom stereocenters. The van der Waals surface area contributed by atoms with Gasteiger partial charge in [0.2, 0.25) is 5.91 Å². The van der Waals surface area contributed by atoms with Crippen molar-refractivity contribution in [1.82, 2.24) is 5.32 Å². The first-order valence-corrected chi connectivity index (χ1v) is 10.4. The van der Waals surface area contributed by atoms with Crippen LogP contribution in [0.15, 0.2) is 20.9 Å². The van der Waals surface area contributed by atoms with Crippen LogP contribution in [0, 0.1) is 28.6 Å². The van der Waals surface area contributed by atoms with Crippen molar-refractivity contribution in [1.29, 1.82) is 0 Å². The number of hydrogen-bond donors (Lipinski definition) is 1. The van der Waals surface area contributed by atoms with E-state index in [-0.39, 0.29) is 22.7 Å². The number of halogens is 1. The highest BCUT2D eigenvalue weighted by molar-refractivity contribution is 14.1. The van der Waals surface area contributed by atoms with Gasteiger partial charge in [0.05, 0.1) is 7.11 Å². The molecule has 1 saturated heterocycles. The van der Waals surface area contributed by atoms with Crippen LogP contribution < -0.4 is 5.32 Å². The van der Waals surface area contributed by atoms with Crippen LogP contribution in [0.3, 0.4) is 0 Å². The van der Waals surface area contributed by atoms with Gasteiger partial charge in [0.25, 0.3) is 0 Å². The Labute approximate surface area is 163 Å². The minimum atomic E-state index is -0.152. The number of allylic oxidation sites excluding steroid dienone is 3. The summed E-state index contributed by atoms with van der Waals surface area (Å²) in [6, 6.07) is 0. The lowest BCUT2D eigenvalue weighted by Gasteiger charge is -2.57. The van der Waals surface area contributed by atoms with Crippen LogP contribution in [0.5, 0.6) is 0 Å². The second-order valence-electron chi connectivity index (χ2n) is 8.63. The maximum atomic E-state index is 12.3. The molecule has 5 heteroatoms. The molecule has 0 bridgehead atoms. The fourth-order valence-corrected chi connectivity index (χ4v) is 7.52. The van der Waals surface area contributed by atoms with Crippen molar-refractivity contribution in [3.8, 4) is 0 Å². The van der Waals surface area contributed by atoms with Crippen LogP contribution in [0.4, 0.5) is 0 Å². The number of nitrogens with one attached hydrogen (secondary N) is 1. The zero-order valence-corrected chi connectivity index (χ0v) is 17.3. The molecular weight excluding hydrogens is 429 g/mol. The normalized spacial score (nSPS) is 42.8. The lowest BCUT2D eigenvalue weighted by molar-refractivity contribution is -0.138. The molecule has 1 aliphatic heterocycles. The van der Waals surface area contributed by atoms with E-state index >= 15 is 0 Å². The molecule has 0 aromatic heterocycles. The standard InChI is InChI=1S/C20H26INO3/c1-19-8-6-13-11(12(19)4-5-14(19)18(24)25-3)10-15(21)17-20(13,2)9-7-16(23)22-17/h5,11-13H,4,6-10H2,1-3H3,(H,22,23)/t11-,12-,13-,19-,20+/m0/s1. The molecule has 25 heavy (non-hydrogen) atoms. The maximum Gasteiger partial charge on any atom is 0.333 e. The molecule has 4 rings (SSSR count). The molecule has 2 fully saturated rings. The lowest BCUT2D eigenvalue weighted by Crippen LogP contribution is -2.53. The Balaban J connectivity index is 1.70. The fraction of sp³-hybridized carbons (Fsp3) is 0.700. The Bertz CT molecular complexity index is 712. The summed E-state index contributed by atoms with van der Waals surface area (Å²) < 4.78 is 6.37. The molecule has 0 unspecified atom stereocenters. The third kappa shape index (κ3) is 2.37.